The van der Waals surface area contributed by atoms with E-state index in [2.05, 4.69) is 52.3 Å². The maximum Gasteiger partial charge on any atom is 0.204 e. The largest absolute Gasteiger partial charge is 0.349 e. The lowest BCUT2D eigenvalue weighted by molar-refractivity contribution is 0.477. The molecule has 1 aromatic heterocycles. The van der Waals surface area contributed by atoms with E-state index < -0.39 is 0 Å². The van der Waals surface area contributed by atoms with E-state index >= 15 is 0 Å². The number of fused-ring (bicyclic) bond motifs is 3. The van der Waals surface area contributed by atoms with Crippen LogP contribution in [0.1, 0.15) is 29.6 Å². The van der Waals surface area contributed by atoms with Crippen molar-refractivity contribution >= 4 is 40.2 Å². The molecule has 1 N–H and O–H groups in total. The van der Waals surface area contributed by atoms with Crippen LogP contribution in [0.5, 0.6) is 0 Å². The zero-order valence-corrected chi connectivity index (χ0v) is 16.0. The third-order valence-corrected chi connectivity index (χ3v) is 5.66. The number of imidazole rings is 1. The quantitative estimate of drug-likeness (QED) is 0.421. The first-order valence-corrected chi connectivity index (χ1v) is 9.69. The number of hydrogen-bond donors (Lipinski definition) is 1. The zero-order valence-electron chi connectivity index (χ0n) is 14.4. The maximum atomic E-state index is 6.30. The van der Waals surface area contributed by atoms with Crippen LogP contribution in [0.4, 0.5) is 5.95 Å². The van der Waals surface area contributed by atoms with Crippen LogP contribution in [0.3, 0.4) is 0 Å². The van der Waals surface area contributed by atoms with Crippen LogP contribution in [0.15, 0.2) is 72.8 Å². The van der Waals surface area contributed by atoms with Crippen molar-refractivity contribution in [1.82, 2.24) is 9.55 Å². The minimum atomic E-state index is 0.146. The van der Waals surface area contributed by atoms with Gasteiger partial charge in [-0.2, -0.15) is 0 Å². The monoisotopic (exact) mass is 393 g/mol. The van der Waals surface area contributed by atoms with Gasteiger partial charge in [-0.15, -0.1) is 0 Å². The topological polar surface area (TPSA) is 29.9 Å². The van der Waals surface area contributed by atoms with Gasteiger partial charge >= 0.3 is 0 Å². The molecule has 27 heavy (non-hydrogen) atoms. The van der Waals surface area contributed by atoms with Gasteiger partial charge in [0.2, 0.25) is 5.95 Å². The van der Waals surface area contributed by atoms with Crippen molar-refractivity contribution in [2.45, 2.75) is 18.5 Å². The van der Waals surface area contributed by atoms with Gasteiger partial charge in [0.05, 0.1) is 23.1 Å². The van der Waals surface area contributed by atoms with Crippen LogP contribution in [0.2, 0.25) is 10.0 Å². The first-order valence-electron chi connectivity index (χ1n) is 8.93. The molecular formula is C22H17Cl2N3. The molecule has 3 aromatic carbocycles. The number of nitrogens with zero attached hydrogens (tertiary/aromatic N) is 2. The van der Waals surface area contributed by atoms with E-state index in [0.29, 0.717) is 0 Å². The minimum absolute atomic E-state index is 0.146. The Hall–Kier alpha value is -2.49. The lowest BCUT2D eigenvalue weighted by Gasteiger charge is -2.33. The highest BCUT2D eigenvalue weighted by Gasteiger charge is 2.31. The molecule has 0 aliphatic carbocycles. The van der Waals surface area contributed by atoms with Crippen LogP contribution < -0.4 is 5.32 Å². The molecule has 5 rings (SSSR count). The fraction of sp³-hybridized carbons (Fsp3) is 0.136. The second-order valence-electron chi connectivity index (χ2n) is 6.85. The molecular weight excluding hydrogens is 377 g/mol. The molecule has 2 atom stereocenters. The first-order chi connectivity index (χ1) is 13.2. The first kappa shape index (κ1) is 16.7. The highest BCUT2D eigenvalue weighted by atomic mass is 35.5. The summed E-state index contributed by atoms with van der Waals surface area (Å²) in [6.07, 6.45) is 0.898. The molecule has 0 amide bonds. The molecule has 0 saturated carbocycles. The molecule has 3 nitrogen and oxygen atoms in total. The van der Waals surface area contributed by atoms with Crippen molar-refractivity contribution in [1.29, 1.82) is 0 Å². The van der Waals surface area contributed by atoms with Gasteiger partial charge < -0.3 is 9.88 Å². The Kier molecular flexibility index (Phi) is 4.07. The van der Waals surface area contributed by atoms with Crippen molar-refractivity contribution in [3.8, 4) is 0 Å². The Bertz CT molecular complexity index is 1120. The van der Waals surface area contributed by atoms with Crippen molar-refractivity contribution in [3.05, 3.63) is 94.0 Å². The standard InChI is InChI=1S/C22H17Cl2N3/c23-16-10-8-14(9-11-16)19-13-21(15-4-3-5-17(24)12-15)27-20-7-2-1-6-18(20)25-22(27)26-19/h1-12,19,21H,13H2,(H,25,26)/t19-,21+/m1/s1. The van der Waals surface area contributed by atoms with Crippen LogP contribution >= 0.6 is 23.2 Å². The van der Waals surface area contributed by atoms with Crippen LogP contribution in [-0.4, -0.2) is 9.55 Å². The molecule has 0 unspecified atom stereocenters. The van der Waals surface area contributed by atoms with E-state index in [0.717, 1.165) is 33.4 Å². The smallest absolute Gasteiger partial charge is 0.204 e. The number of nitrogens with one attached hydrogen (secondary N) is 1. The van der Waals surface area contributed by atoms with Gasteiger partial charge in [0.1, 0.15) is 0 Å². The summed E-state index contributed by atoms with van der Waals surface area (Å²) in [4.78, 5) is 4.84. The Morgan fingerprint density at radius 2 is 1.67 bits per heavy atom. The summed E-state index contributed by atoms with van der Waals surface area (Å²) in [6, 6.07) is 24.7. The molecule has 5 heteroatoms. The third-order valence-electron chi connectivity index (χ3n) is 5.18. The van der Waals surface area contributed by atoms with Crippen LogP contribution in [-0.2, 0) is 0 Å². The van der Waals surface area contributed by atoms with E-state index in [1.807, 2.05) is 30.3 Å². The predicted octanol–water partition coefficient (Wildman–Crippen LogP) is 6.49. The number of anilines is 1. The highest BCUT2D eigenvalue weighted by Crippen LogP contribution is 2.41. The number of aromatic nitrogens is 2. The predicted molar refractivity (Wildman–Crippen MR) is 112 cm³/mol. The van der Waals surface area contributed by atoms with E-state index in [1.165, 1.54) is 11.1 Å². The van der Waals surface area contributed by atoms with Crippen molar-refractivity contribution < 1.29 is 0 Å². The average Bonchev–Trinajstić information content (AvgIpc) is 3.06. The van der Waals surface area contributed by atoms with E-state index in [1.54, 1.807) is 0 Å². The van der Waals surface area contributed by atoms with E-state index in [9.17, 15) is 0 Å². The van der Waals surface area contributed by atoms with Gasteiger partial charge in [0, 0.05) is 10.0 Å². The summed E-state index contributed by atoms with van der Waals surface area (Å²) in [6.45, 7) is 0. The van der Waals surface area contributed by atoms with Crippen molar-refractivity contribution in [2.24, 2.45) is 0 Å². The van der Waals surface area contributed by atoms with Gasteiger partial charge in [-0.3, -0.25) is 0 Å². The SMILES string of the molecule is Clc1ccc([C@H]2C[C@@H](c3cccc(Cl)c3)n3c(nc4ccccc43)N2)cc1. The minimum Gasteiger partial charge on any atom is -0.349 e. The highest BCUT2D eigenvalue weighted by molar-refractivity contribution is 6.30. The average molecular weight is 394 g/mol. The summed E-state index contributed by atoms with van der Waals surface area (Å²) in [5.41, 5.74) is 4.50. The number of halogens is 2. The summed E-state index contributed by atoms with van der Waals surface area (Å²) >= 11 is 12.4. The number of benzene rings is 3. The Labute approximate surface area is 167 Å². The van der Waals surface area contributed by atoms with Crippen LogP contribution in [0, 0.1) is 0 Å². The molecule has 0 fully saturated rings. The molecule has 2 heterocycles. The Balaban J connectivity index is 1.67. The maximum absolute atomic E-state index is 6.30. The second kappa shape index (κ2) is 6.59. The second-order valence-corrected chi connectivity index (χ2v) is 7.72. The van der Waals surface area contributed by atoms with Gasteiger partial charge in [0.15, 0.2) is 0 Å². The van der Waals surface area contributed by atoms with Gasteiger partial charge in [0.25, 0.3) is 0 Å². The number of rotatable bonds is 2. The van der Waals surface area contributed by atoms with E-state index in [4.69, 9.17) is 28.2 Å². The molecule has 0 saturated heterocycles. The lowest BCUT2D eigenvalue weighted by Crippen LogP contribution is -2.27. The summed E-state index contributed by atoms with van der Waals surface area (Å²) in [7, 11) is 0. The Morgan fingerprint density at radius 3 is 2.48 bits per heavy atom. The molecule has 0 radical (unpaired) electrons. The molecule has 4 aromatic rings. The van der Waals surface area contributed by atoms with Crippen molar-refractivity contribution in [2.75, 3.05) is 5.32 Å². The fourth-order valence-electron chi connectivity index (χ4n) is 3.92. The van der Waals surface area contributed by atoms with Gasteiger partial charge in [-0.05, 0) is 53.9 Å². The summed E-state index contributed by atoms with van der Waals surface area (Å²) < 4.78 is 2.29. The lowest BCUT2D eigenvalue weighted by atomic mass is 9.93. The fourth-order valence-corrected chi connectivity index (χ4v) is 4.24. The van der Waals surface area contributed by atoms with Crippen LogP contribution in [0.25, 0.3) is 11.0 Å². The molecule has 1 aliphatic rings. The van der Waals surface area contributed by atoms with Gasteiger partial charge in [-0.1, -0.05) is 59.6 Å². The third kappa shape index (κ3) is 2.97. The summed E-state index contributed by atoms with van der Waals surface area (Å²) in [5.74, 6) is 0.882. The van der Waals surface area contributed by atoms with E-state index in [-0.39, 0.29) is 12.1 Å². The number of hydrogen-bond acceptors (Lipinski definition) is 2. The normalized spacial score (nSPS) is 18.9. The molecule has 134 valence electrons. The zero-order chi connectivity index (χ0) is 18.4. The molecule has 0 bridgehead atoms. The molecule has 0 spiro atoms. The summed E-state index contributed by atoms with van der Waals surface area (Å²) in [5, 5.41) is 5.11. The van der Waals surface area contributed by atoms with Crippen molar-refractivity contribution in [3.63, 3.8) is 0 Å². The van der Waals surface area contributed by atoms with Gasteiger partial charge in [-0.25, -0.2) is 4.98 Å². The number of para-hydroxylation sites is 2. The Morgan fingerprint density at radius 1 is 0.852 bits per heavy atom. The molecule has 1 aliphatic heterocycles.